The maximum atomic E-state index is 11.6. The van der Waals surface area contributed by atoms with Crippen molar-refractivity contribution >= 4 is 50.7 Å². The zero-order valence-electron chi connectivity index (χ0n) is 10.2. The predicted molar refractivity (Wildman–Crippen MR) is 80.5 cm³/mol. The van der Waals surface area contributed by atoms with Gasteiger partial charge in [0.05, 0.1) is 22.3 Å². The molecule has 0 aliphatic rings. The molecule has 0 aromatic heterocycles. The van der Waals surface area contributed by atoms with Crippen LogP contribution in [-0.2, 0) is 4.79 Å². The van der Waals surface area contributed by atoms with Gasteiger partial charge in [-0.2, -0.15) is 0 Å². The van der Waals surface area contributed by atoms with E-state index < -0.39 is 0 Å². The van der Waals surface area contributed by atoms with E-state index in [1.807, 2.05) is 13.8 Å². The van der Waals surface area contributed by atoms with Crippen LogP contribution < -0.4 is 10.6 Å². The van der Waals surface area contributed by atoms with Crippen LogP contribution in [0.4, 0.5) is 5.69 Å². The zero-order valence-corrected chi connectivity index (χ0v) is 13.3. The molecule has 0 saturated carbocycles. The molecule has 0 saturated heterocycles. The minimum absolute atomic E-state index is 0.0699. The monoisotopic (exact) mass is 352 g/mol. The van der Waals surface area contributed by atoms with E-state index in [9.17, 15) is 4.79 Å². The Labute approximate surface area is 125 Å². The standard InChI is InChI=1S/C12H15BrCl2N2O/c1-3-7(2)17-10(18)6-16-9-5-4-8(13)11(14)12(9)15/h4-5,7,16H,3,6H2,1-2H3,(H,17,18). The summed E-state index contributed by atoms with van der Waals surface area (Å²) in [5.41, 5.74) is 0.643. The van der Waals surface area contributed by atoms with Gasteiger partial charge >= 0.3 is 0 Å². The molecule has 0 heterocycles. The van der Waals surface area contributed by atoms with Gasteiger partial charge < -0.3 is 10.6 Å². The lowest BCUT2D eigenvalue weighted by Gasteiger charge is -2.13. The Morgan fingerprint density at radius 2 is 2.06 bits per heavy atom. The number of benzene rings is 1. The number of amides is 1. The van der Waals surface area contributed by atoms with E-state index in [1.54, 1.807) is 12.1 Å². The van der Waals surface area contributed by atoms with Crippen molar-refractivity contribution < 1.29 is 4.79 Å². The SMILES string of the molecule is CCC(C)NC(=O)CNc1ccc(Br)c(Cl)c1Cl. The van der Waals surface area contributed by atoms with Crippen molar-refractivity contribution in [2.24, 2.45) is 0 Å². The summed E-state index contributed by atoms with van der Waals surface area (Å²) in [6, 6.07) is 3.72. The van der Waals surface area contributed by atoms with Gasteiger partial charge in [-0.3, -0.25) is 4.79 Å². The molecule has 6 heteroatoms. The molecule has 0 aliphatic heterocycles. The summed E-state index contributed by atoms with van der Waals surface area (Å²) in [7, 11) is 0. The number of carbonyl (C=O) groups excluding carboxylic acids is 1. The van der Waals surface area contributed by atoms with E-state index in [0.717, 1.165) is 10.9 Å². The Morgan fingerprint density at radius 3 is 2.67 bits per heavy atom. The second-order valence-electron chi connectivity index (χ2n) is 3.95. The molecule has 1 aromatic rings. The van der Waals surface area contributed by atoms with E-state index in [1.165, 1.54) is 0 Å². The molecular formula is C12H15BrCl2N2O. The molecule has 2 N–H and O–H groups in total. The van der Waals surface area contributed by atoms with Gasteiger partial charge in [0.15, 0.2) is 0 Å². The van der Waals surface area contributed by atoms with Crippen LogP contribution in [0.3, 0.4) is 0 Å². The van der Waals surface area contributed by atoms with E-state index in [2.05, 4.69) is 26.6 Å². The fourth-order valence-corrected chi connectivity index (χ4v) is 2.11. The van der Waals surface area contributed by atoms with Crippen molar-refractivity contribution in [1.29, 1.82) is 0 Å². The molecule has 100 valence electrons. The highest BCUT2D eigenvalue weighted by atomic mass is 79.9. The van der Waals surface area contributed by atoms with Gasteiger partial charge in [0, 0.05) is 10.5 Å². The average Bonchev–Trinajstić information content (AvgIpc) is 2.35. The molecule has 1 rings (SSSR count). The van der Waals surface area contributed by atoms with E-state index in [4.69, 9.17) is 23.2 Å². The molecule has 0 radical (unpaired) electrons. The third kappa shape index (κ3) is 4.34. The van der Waals surface area contributed by atoms with Crippen molar-refractivity contribution in [1.82, 2.24) is 5.32 Å². The van der Waals surface area contributed by atoms with E-state index in [0.29, 0.717) is 15.7 Å². The predicted octanol–water partition coefficient (Wildman–Crippen LogP) is 4.08. The lowest BCUT2D eigenvalue weighted by atomic mass is 10.2. The number of rotatable bonds is 5. The lowest BCUT2D eigenvalue weighted by Crippen LogP contribution is -2.36. The van der Waals surface area contributed by atoms with Crippen LogP contribution in [-0.4, -0.2) is 18.5 Å². The van der Waals surface area contributed by atoms with Gasteiger partial charge in [0.25, 0.3) is 0 Å². The van der Waals surface area contributed by atoms with Crippen molar-refractivity contribution in [3.8, 4) is 0 Å². The number of carbonyl (C=O) groups is 1. The van der Waals surface area contributed by atoms with Crippen LogP contribution in [0.5, 0.6) is 0 Å². The van der Waals surface area contributed by atoms with Gasteiger partial charge in [-0.25, -0.2) is 0 Å². The van der Waals surface area contributed by atoms with Gasteiger partial charge in [-0.1, -0.05) is 30.1 Å². The van der Waals surface area contributed by atoms with Crippen molar-refractivity contribution in [3.05, 3.63) is 26.7 Å². The summed E-state index contributed by atoms with van der Waals surface area (Å²) >= 11 is 15.3. The van der Waals surface area contributed by atoms with Crippen molar-refractivity contribution in [2.75, 3.05) is 11.9 Å². The van der Waals surface area contributed by atoms with Crippen LogP contribution >= 0.6 is 39.1 Å². The third-order valence-corrected chi connectivity index (χ3v) is 4.27. The highest BCUT2D eigenvalue weighted by molar-refractivity contribution is 9.10. The third-order valence-electron chi connectivity index (χ3n) is 2.49. The molecule has 0 aliphatic carbocycles. The van der Waals surface area contributed by atoms with Gasteiger partial charge in [0.2, 0.25) is 5.91 Å². The highest BCUT2D eigenvalue weighted by Gasteiger charge is 2.10. The average molecular weight is 354 g/mol. The molecule has 0 bridgehead atoms. The smallest absolute Gasteiger partial charge is 0.239 e. The summed E-state index contributed by atoms with van der Waals surface area (Å²) < 4.78 is 0.726. The second kappa shape index (κ2) is 7.22. The normalized spacial score (nSPS) is 12.1. The summed E-state index contributed by atoms with van der Waals surface area (Å²) in [5, 5.41) is 6.66. The van der Waals surface area contributed by atoms with E-state index in [-0.39, 0.29) is 18.5 Å². The molecule has 1 amide bonds. The first-order valence-corrected chi connectivity index (χ1v) is 7.17. The topological polar surface area (TPSA) is 41.1 Å². The Kier molecular flexibility index (Phi) is 6.26. The van der Waals surface area contributed by atoms with Gasteiger partial charge in [-0.15, -0.1) is 0 Å². The van der Waals surface area contributed by atoms with Crippen LogP contribution in [0.1, 0.15) is 20.3 Å². The van der Waals surface area contributed by atoms with Crippen molar-refractivity contribution in [2.45, 2.75) is 26.3 Å². The molecule has 18 heavy (non-hydrogen) atoms. The quantitative estimate of drug-likeness (QED) is 0.783. The summed E-state index contributed by atoms with van der Waals surface area (Å²) in [6.07, 6.45) is 0.899. The molecule has 1 unspecified atom stereocenters. The number of anilines is 1. The summed E-state index contributed by atoms with van der Waals surface area (Å²) in [6.45, 7) is 4.15. The molecule has 0 fully saturated rings. The molecular weight excluding hydrogens is 339 g/mol. The molecule has 0 spiro atoms. The van der Waals surface area contributed by atoms with Crippen LogP contribution in [0.2, 0.25) is 10.0 Å². The maximum Gasteiger partial charge on any atom is 0.239 e. The van der Waals surface area contributed by atoms with Crippen LogP contribution in [0.15, 0.2) is 16.6 Å². The van der Waals surface area contributed by atoms with Gasteiger partial charge in [0.1, 0.15) is 0 Å². The van der Waals surface area contributed by atoms with Crippen molar-refractivity contribution in [3.63, 3.8) is 0 Å². The summed E-state index contributed by atoms with van der Waals surface area (Å²) in [4.78, 5) is 11.6. The molecule has 3 nitrogen and oxygen atoms in total. The van der Waals surface area contributed by atoms with Crippen LogP contribution in [0.25, 0.3) is 0 Å². The Hall–Kier alpha value is -0.450. The minimum Gasteiger partial charge on any atom is -0.375 e. The first-order chi connectivity index (χ1) is 8.45. The number of halogens is 3. The zero-order chi connectivity index (χ0) is 13.7. The second-order valence-corrected chi connectivity index (χ2v) is 5.56. The molecule has 1 aromatic carbocycles. The Morgan fingerprint density at radius 1 is 1.39 bits per heavy atom. The van der Waals surface area contributed by atoms with Gasteiger partial charge in [-0.05, 0) is 41.4 Å². The lowest BCUT2D eigenvalue weighted by molar-refractivity contribution is -0.120. The summed E-state index contributed by atoms with van der Waals surface area (Å²) in [5.74, 6) is -0.0699. The molecule has 1 atom stereocenters. The van der Waals surface area contributed by atoms with E-state index >= 15 is 0 Å². The fourth-order valence-electron chi connectivity index (χ4n) is 1.27. The first-order valence-electron chi connectivity index (χ1n) is 5.62. The fraction of sp³-hybridized carbons (Fsp3) is 0.417. The highest BCUT2D eigenvalue weighted by Crippen LogP contribution is 2.35. The maximum absolute atomic E-state index is 11.6. The Bertz CT molecular complexity index is 440. The Balaban J connectivity index is 2.59. The minimum atomic E-state index is -0.0699. The number of hydrogen-bond donors (Lipinski definition) is 2. The largest absolute Gasteiger partial charge is 0.375 e. The number of hydrogen-bond acceptors (Lipinski definition) is 2. The first kappa shape index (κ1) is 15.6. The van der Waals surface area contributed by atoms with Crippen LogP contribution in [0, 0.1) is 0 Å². The number of nitrogens with one attached hydrogen (secondary N) is 2.